The molecule has 0 radical (unpaired) electrons. The second kappa shape index (κ2) is 6.83. The van der Waals surface area contributed by atoms with Crippen LogP contribution in [0.3, 0.4) is 0 Å². The van der Waals surface area contributed by atoms with E-state index < -0.39 is 0 Å². The predicted molar refractivity (Wildman–Crippen MR) is 121 cm³/mol. The lowest BCUT2D eigenvalue weighted by Gasteiger charge is -2.36. The van der Waals surface area contributed by atoms with E-state index in [1.165, 1.54) is 4.88 Å². The maximum atomic E-state index is 13.5. The summed E-state index contributed by atoms with van der Waals surface area (Å²) >= 11 is 8.06. The molecule has 4 nitrogen and oxygen atoms in total. The Morgan fingerprint density at radius 1 is 1.07 bits per heavy atom. The number of hydrogen-bond donors (Lipinski definition) is 1. The van der Waals surface area contributed by atoms with Gasteiger partial charge in [0.15, 0.2) is 5.78 Å². The summed E-state index contributed by atoms with van der Waals surface area (Å²) in [5.41, 5.74) is 4.74. The average Bonchev–Trinajstić information content (AvgIpc) is 3.40. The van der Waals surface area contributed by atoms with Gasteiger partial charge in [-0.25, -0.2) is 4.98 Å². The van der Waals surface area contributed by atoms with Gasteiger partial charge in [-0.2, -0.15) is 0 Å². The SMILES string of the molecule is O=C1CC(c2cccs2)CC2=C1C(c1cccc(Cl)c1)n1c(nc3ccccc31)N2. The fourth-order valence-corrected chi connectivity index (χ4v) is 5.77. The Hall–Kier alpha value is -2.89. The summed E-state index contributed by atoms with van der Waals surface area (Å²) in [4.78, 5) is 19.6. The Labute approximate surface area is 182 Å². The van der Waals surface area contributed by atoms with Crippen molar-refractivity contribution in [3.63, 3.8) is 0 Å². The van der Waals surface area contributed by atoms with Gasteiger partial charge in [0.1, 0.15) is 0 Å². The van der Waals surface area contributed by atoms with Crippen molar-refractivity contribution in [2.45, 2.75) is 24.8 Å². The van der Waals surface area contributed by atoms with E-state index in [9.17, 15) is 4.79 Å². The van der Waals surface area contributed by atoms with Gasteiger partial charge >= 0.3 is 0 Å². The molecule has 0 fully saturated rings. The summed E-state index contributed by atoms with van der Waals surface area (Å²) in [6.45, 7) is 0. The normalized spacial score (nSPS) is 20.8. The highest BCUT2D eigenvalue weighted by molar-refractivity contribution is 7.10. The standard InChI is InChI=1S/C24H18ClN3OS/c25-16-6-3-5-14(11-16)23-22-18(12-15(13-20(22)29)21-9-4-10-30-21)27-24-26-17-7-1-2-8-19(17)28(23)24/h1-11,15,23H,12-13H2,(H,26,27). The molecule has 4 aromatic rings. The number of carbonyl (C=O) groups excluding carboxylic acids is 1. The van der Waals surface area contributed by atoms with Crippen LogP contribution in [0.15, 0.2) is 77.3 Å². The largest absolute Gasteiger partial charge is 0.329 e. The van der Waals surface area contributed by atoms with Crippen LogP contribution in [-0.4, -0.2) is 15.3 Å². The van der Waals surface area contributed by atoms with Crippen LogP contribution in [0.25, 0.3) is 11.0 Å². The number of fused-ring (bicyclic) bond motifs is 3. The molecule has 1 aliphatic heterocycles. The molecule has 2 atom stereocenters. The lowest BCUT2D eigenvalue weighted by molar-refractivity contribution is -0.116. The highest BCUT2D eigenvalue weighted by atomic mass is 35.5. The van der Waals surface area contributed by atoms with Gasteiger partial charge in [0, 0.05) is 33.5 Å². The lowest BCUT2D eigenvalue weighted by atomic mass is 9.80. The highest BCUT2D eigenvalue weighted by Crippen LogP contribution is 2.46. The molecule has 6 rings (SSSR count). The quantitative estimate of drug-likeness (QED) is 0.413. The Bertz CT molecular complexity index is 1320. The molecule has 0 bridgehead atoms. The van der Waals surface area contributed by atoms with E-state index in [1.807, 2.05) is 42.5 Å². The molecule has 0 saturated heterocycles. The van der Waals surface area contributed by atoms with Crippen LogP contribution in [0.1, 0.15) is 35.2 Å². The Kier molecular flexibility index (Phi) is 4.08. The second-order valence-electron chi connectivity index (χ2n) is 7.81. The number of nitrogens with one attached hydrogen (secondary N) is 1. The van der Waals surface area contributed by atoms with Gasteiger partial charge in [0.25, 0.3) is 0 Å². The van der Waals surface area contributed by atoms with Crippen LogP contribution in [-0.2, 0) is 4.79 Å². The van der Waals surface area contributed by atoms with Crippen LogP contribution < -0.4 is 5.32 Å². The van der Waals surface area contributed by atoms with Crippen LogP contribution in [0.4, 0.5) is 5.95 Å². The average molecular weight is 432 g/mol. The monoisotopic (exact) mass is 431 g/mol. The topological polar surface area (TPSA) is 46.9 Å². The molecule has 148 valence electrons. The minimum absolute atomic E-state index is 0.190. The van der Waals surface area contributed by atoms with Gasteiger partial charge in [-0.3, -0.25) is 9.36 Å². The molecule has 2 aliphatic rings. The number of imidazole rings is 1. The van der Waals surface area contributed by atoms with Crippen molar-refractivity contribution < 1.29 is 4.79 Å². The number of Topliss-reactive ketones (excluding diaryl/α,β-unsaturated/α-hetero) is 1. The fraction of sp³-hybridized carbons (Fsp3) is 0.167. The number of anilines is 1. The zero-order valence-electron chi connectivity index (χ0n) is 16.0. The molecule has 3 heterocycles. The molecule has 6 heteroatoms. The molecule has 2 aromatic carbocycles. The third-order valence-corrected chi connectivity index (χ3v) is 7.28. The van der Waals surface area contributed by atoms with E-state index >= 15 is 0 Å². The maximum absolute atomic E-state index is 13.5. The van der Waals surface area contributed by atoms with Gasteiger partial charge in [-0.1, -0.05) is 41.9 Å². The zero-order chi connectivity index (χ0) is 20.2. The number of para-hydroxylation sites is 2. The van der Waals surface area contributed by atoms with Crippen molar-refractivity contribution >= 4 is 45.7 Å². The second-order valence-corrected chi connectivity index (χ2v) is 9.23. The minimum atomic E-state index is -0.237. The summed E-state index contributed by atoms with van der Waals surface area (Å²) in [7, 11) is 0. The molecule has 1 aliphatic carbocycles. The number of allylic oxidation sites excluding steroid dienone is 2. The van der Waals surface area contributed by atoms with Crippen LogP contribution in [0.5, 0.6) is 0 Å². The van der Waals surface area contributed by atoms with Crippen molar-refractivity contribution in [3.05, 3.63) is 92.8 Å². The number of aromatic nitrogens is 2. The molecule has 1 N–H and O–H groups in total. The van der Waals surface area contributed by atoms with E-state index in [0.717, 1.165) is 40.2 Å². The van der Waals surface area contributed by atoms with Crippen molar-refractivity contribution in [2.24, 2.45) is 0 Å². The van der Waals surface area contributed by atoms with Gasteiger partial charge in [0.05, 0.1) is 17.1 Å². The molecule has 0 spiro atoms. The molecule has 2 aromatic heterocycles. The van der Waals surface area contributed by atoms with Crippen LogP contribution in [0.2, 0.25) is 5.02 Å². The summed E-state index contributed by atoms with van der Waals surface area (Å²) in [5.74, 6) is 1.18. The molecular weight excluding hydrogens is 414 g/mol. The zero-order valence-corrected chi connectivity index (χ0v) is 17.6. The predicted octanol–water partition coefficient (Wildman–Crippen LogP) is 6.17. The number of nitrogens with zero attached hydrogens (tertiary/aromatic N) is 2. The van der Waals surface area contributed by atoms with E-state index in [4.69, 9.17) is 16.6 Å². The first-order chi connectivity index (χ1) is 14.7. The summed E-state index contributed by atoms with van der Waals surface area (Å²) in [6, 6.07) is 19.8. The first kappa shape index (κ1) is 17.9. The smallest absolute Gasteiger partial charge is 0.209 e. The summed E-state index contributed by atoms with van der Waals surface area (Å²) < 4.78 is 2.14. The molecule has 2 unspecified atom stereocenters. The molecular formula is C24H18ClN3OS. The Balaban J connectivity index is 1.56. The Morgan fingerprint density at radius 2 is 1.97 bits per heavy atom. The lowest BCUT2D eigenvalue weighted by Crippen LogP contribution is -2.33. The summed E-state index contributed by atoms with van der Waals surface area (Å²) in [5, 5.41) is 6.25. The number of carbonyl (C=O) groups is 1. The van der Waals surface area contributed by atoms with E-state index in [0.29, 0.717) is 11.4 Å². The number of thiophene rings is 1. The van der Waals surface area contributed by atoms with Crippen molar-refractivity contribution in [1.82, 2.24) is 9.55 Å². The van der Waals surface area contributed by atoms with E-state index in [1.54, 1.807) is 11.3 Å². The van der Waals surface area contributed by atoms with Gasteiger partial charge in [0.2, 0.25) is 5.95 Å². The summed E-state index contributed by atoms with van der Waals surface area (Å²) in [6.07, 6.45) is 1.34. The van der Waals surface area contributed by atoms with Crippen molar-refractivity contribution in [3.8, 4) is 0 Å². The number of hydrogen-bond acceptors (Lipinski definition) is 4. The molecule has 30 heavy (non-hydrogen) atoms. The third-order valence-electron chi connectivity index (χ3n) is 6.01. The van der Waals surface area contributed by atoms with Crippen molar-refractivity contribution in [2.75, 3.05) is 5.32 Å². The number of ketones is 1. The van der Waals surface area contributed by atoms with Gasteiger partial charge < -0.3 is 5.32 Å². The first-order valence-corrected chi connectivity index (χ1v) is 11.2. The number of rotatable bonds is 2. The van der Waals surface area contributed by atoms with E-state index in [2.05, 4.69) is 33.5 Å². The van der Waals surface area contributed by atoms with E-state index in [-0.39, 0.29) is 17.7 Å². The minimum Gasteiger partial charge on any atom is -0.329 e. The van der Waals surface area contributed by atoms with Crippen molar-refractivity contribution in [1.29, 1.82) is 0 Å². The van der Waals surface area contributed by atoms with Crippen LogP contribution in [0, 0.1) is 0 Å². The van der Waals surface area contributed by atoms with Crippen LogP contribution >= 0.6 is 22.9 Å². The number of halogens is 1. The maximum Gasteiger partial charge on any atom is 0.209 e. The highest BCUT2D eigenvalue weighted by Gasteiger charge is 2.39. The fourth-order valence-electron chi connectivity index (χ4n) is 4.74. The van der Waals surface area contributed by atoms with Gasteiger partial charge in [-0.05, 0) is 47.7 Å². The van der Waals surface area contributed by atoms with Gasteiger partial charge in [-0.15, -0.1) is 11.3 Å². The molecule has 0 saturated carbocycles. The molecule has 0 amide bonds. The first-order valence-electron chi connectivity index (χ1n) is 9.98. The Morgan fingerprint density at radius 3 is 2.80 bits per heavy atom. The number of benzene rings is 2. The third kappa shape index (κ3) is 2.73.